The van der Waals surface area contributed by atoms with Crippen molar-refractivity contribution in [1.29, 1.82) is 0 Å². The lowest BCUT2D eigenvalue weighted by Gasteiger charge is -2.36. The SMILES string of the molecule is C#CC[C@@H](O)CO[Si](C)(C)C(C)(C)C. The molecule has 0 amide bonds. The Morgan fingerprint density at radius 3 is 2.29 bits per heavy atom. The van der Waals surface area contributed by atoms with Crippen LogP contribution in [0.3, 0.4) is 0 Å². The van der Waals surface area contributed by atoms with Crippen molar-refractivity contribution >= 4 is 8.32 Å². The summed E-state index contributed by atoms with van der Waals surface area (Å²) in [4.78, 5) is 0. The van der Waals surface area contributed by atoms with Crippen LogP contribution in [0.1, 0.15) is 27.2 Å². The van der Waals surface area contributed by atoms with Crippen LogP contribution in [-0.4, -0.2) is 26.1 Å². The zero-order valence-corrected chi connectivity index (χ0v) is 10.9. The van der Waals surface area contributed by atoms with Gasteiger partial charge < -0.3 is 9.53 Å². The van der Waals surface area contributed by atoms with Crippen LogP contribution >= 0.6 is 0 Å². The molecule has 1 atom stereocenters. The predicted octanol–water partition coefficient (Wildman–Crippen LogP) is 2.39. The third kappa shape index (κ3) is 4.27. The molecule has 14 heavy (non-hydrogen) atoms. The van der Waals surface area contributed by atoms with Crippen molar-refractivity contribution in [3.63, 3.8) is 0 Å². The number of aliphatic hydroxyl groups excluding tert-OH is 1. The predicted molar refractivity (Wildman–Crippen MR) is 62.6 cm³/mol. The van der Waals surface area contributed by atoms with Gasteiger partial charge in [-0.25, -0.2) is 0 Å². The minimum absolute atomic E-state index is 0.183. The average molecular weight is 214 g/mol. The van der Waals surface area contributed by atoms with Crippen molar-refractivity contribution in [3.05, 3.63) is 0 Å². The fourth-order valence-corrected chi connectivity index (χ4v) is 1.76. The molecule has 0 heterocycles. The minimum atomic E-state index is -1.73. The number of hydrogen-bond donors (Lipinski definition) is 1. The highest BCUT2D eigenvalue weighted by Crippen LogP contribution is 2.36. The van der Waals surface area contributed by atoms with E-state index in [1.165, 1.54) is 0 Å². The number of rotatable bonds is 4. The van der Waals surface area contributed by atoms with E-state index in [-0.39, 0.29) is 5.04 Å². The first-order valence-electron chi connectivity index (χ1n) is 4.96. The van der Waals surface area contributed by atoms with E-state index >= 15 is 0 Å². The van der Waals surface area contributed by atoms with Crippen LogP contribution in [0.15, 0.2) is 0 Å². The topological polar surface area (TPSA) is 29.5 Å². The highest BCUT2D eigenvalue weighted by atomic mass is 28.4. The fraction of sp³-hybridized carbons (Fsp3) is 0.818. The van der Waals surface area contributed by atoms with Crippen LogP contribution in [0.5, 0.6) is 0 Å². The summed E-state index contributed by atoms with van der Waals surface area (Å²) in [6.07, 6.45) is 4.95. The van der Waals surface area contributed by atoms with E-state index in [1.54, 1.807) is 0 Å². The molecule has 0 fully saturated rings. The number of terminal acetylenes is 1. The zero-order chi connectivity index (χ0) is 11.4. The second-order valence-corrected chi connectivity index (χ2v) is 9.94. The molecule has 3 heteroatoms. The second kappa shape index (κ2) is 4.97. The number of aliphatic hydroxyl groups is 1. The quantitative estimate of drug-likeness (QED) is 0.575. The van der Waals surface area contributed by atoms with E-state index in [9.17, 15) is 5.11 Å². The minimum Gasteiger partial charge on any atom is -0.414 e. The second-order valence-electron chi connectivity index (χ2n) is 5.13. The molecule has 0 aliphatic rings. The smallest absolute Gasteiger partial charge is 0.192 e. The van der Waals surface area contributed by atoms with Crippen LogP contribution in [0.25, 0.3) is 0 Å². The van der Waals surface area contributed by atoms with Crippen molar-refractivity contribution in [2.45, 2.75) is 51.4 Å². The first-order chi connectivity index (χ1) is 6.20. The molecule has 1 N–H and O–H groups in total. The van der Waals surface area contributed by atoms with Crippen molar-refractivity contribution in [2.75, 3.05) is 6.61 Å². The first kappa shape index (κ1) is 13.7. The van der Waals surface area contributed by atoms with Gasteiger partial charge in [-0.3, -0.25) is 0 Å². The molecule has 0 saturated carbocycles. The Morgan fingerprint density at radius 2 is 1.93 bits per heavy atom. The molecule has 0 aliphatic heterocycles. The Kier molecular flexibility index (Phi) is 4.86. The van der Waals surface area contributed by atoms with Crippen molar-refractivity contribution < 1.29 is 9.53 Å². The molecule has 0 aromatic rings. The van der Waals surface area contributed by atoms with Crippen LogP contribution in [0, 0.1) is 12.3 Å². The van der Waals surface area contributed by atoms with E-state index in [0.717, 1.165) is 0 Å². The molecule has 0 rings (SSSR count). The van der Waals surface area contributed by atoms with E-state index in [0.29, 0.717) is 13.0 Å². The van der Waals surface area contributed by atoms with Gasteiger partial charge in [0.25, 0.3) is 0 Å². The maximum Gasteiger partial charge on any atom is 0.192 e. The van der Waals surface area contributed by atoms with Crippen LogP contribution in [0.2, 0.25) is 18.1 Å². The maximum atomic E-state index is 9.43. The molecule has 0 aromatic heterocycles. The van der Waals surface area contributed by atoms with Gasteiger partial charge in [-0.1, -0.05) is 20.8 Å². The summed E-state index contributed by atoms with van der Waals surface area (Å²) in [5.74, 6) is 2.43. The van der Waals surface area contributed by atoms with E-state index in [2.05, 4.69) is 39.8 Å². The van der Waals surface area contributed by atoms with Gasteiger partial charge in [0.05, 0.1) is 12.7 Å². The summed E-state index contributed by atoms with van der Waals surface area (Å²) in [5, 5.41) is 9.62. The van der Waals surface area contributed by atoms with Gasteiger partial charge in [0.1, 0.15) is 0 Å². The van der Waals surface area contributed by atoms with Gasteiger partial charge in [-0.05, 0) is 18.1 Å². The summed E-state index contributed by atoms with van der Waals surface area (Å²) in [6.45, 7) is 11.2. The summed E-state index contributed by atoms with van der Waals surface area (Å²) in [5.41, 5.74) is 0. The van der Waals surface area contributed by atoms with Gasteiger partial charge in [-0.15, -0.1) is 12.3 Å². The van der Waals surface area contributed by atoms with Crippen LogP contribution in [-0.2, 0) is 4.43 Å². The van der Waals surface area contributed by atoms with Crippen molar-refractivity contribution in [2.24, 2.45) is 0 Å². The summed E-state index contributed by atoms with van der Waals surface area (Å²) in [7, 11) is -1.73. The largest absolute Gasteiger partial charge is 0.414 e. The average Bonchev–Trinajstić information content (AvgIpc) is 1.99. The molecule has 0 aromatic carbocycles. The van der Waals surface area contributed by atoms with Gasteiger partial charge >= 0.3 is 0 Å². The highest BCUT2D eigenvalue weighted by molar-refractivity contribution is 6.74. The third-order valence-electron chi connectivity index (χ3n) is 2.80. The molecule has 0 aliphatic carbocycles. The Labute approximate surface area is 88.8 Å². The Hall–Kier alpha value is -0.303. The summed E-state index contributed by atoms with van der Waals surface area (Å²) < 4.78 is 5.80. The molecule has 0 unspecified atom stereocenters. The fourth-order valence-electron chi connectivity index (χ4n) is 0.716. The maximum absolute atomic E-state index is 9.43. The zero-order valence-electron chi connectivity index (χ0n) is 9.92. The first-order valence-corrected chi connectivity index (χ1v) is 7.87. The van der Waals surface area contributed by atoms with Gasteiger partial charge in [-0.2, -0.15) is 0 Å². The van der Waals surface area contributed by atoms with Gasteiger partial charge in [0.15, 0.2) is 8.32 Å². The van der Waals surface area contributed by atoms with E-state index in [4.69, 9.17) is 10.8 Å². The third-order valence-corrected chi connectivity index (χ3v) is 7.30. The lowest BCUT2D eigenvalue weighted by Crippen LogP contribution is -2.42. The monoisotopic (exact) mass is 214 g/mol. The van der Waals surface area contributed by atoms with Crippen molar-refractivity contribution in [3.8, 4) is 12.3 Å². The number of hydrogen-bond acceptors (Lipinski definition) is 2. The summed E-state index contributed by atoms with van der Waals surface area (Å²) in [6, 6.07) is 0. The lowest BCUT2D eigenvalue weighted by atomic mass is 10.2. The molecular formula is C11H22O2Si. The summed E-state index contributed by atoms with van der Waals surface area (Å²) >= 11 is 0. The van der Waals surface area contributed by atoms with Crippen molar-refractivity contribution in [1.82, 2.24) is 0 Å². The Morgan fingerprint density at radius 1 is 1.43 bits per heavy atom. The van der Waals surface area contributed by atoms with E-state index in [1.807, 2.05) is 0 Å². The Bertz CT molecular complexity index is 210. The molecular weight excluding hydrogens is 192 g/mol. The molecule has 2 nitrogen and oxygen atoms in total. The molecule has 82 valence electrons. The molecule has 0 spiro atoms. The van der Waals surface area contributed by atoms with Crippen LogP contribution in [0.4, 0.5) is 0 Å². The normalized spacial score (nSPS) is 14.9. The highest BCUT2D eigenvalue weighted by Gasteiger charge is 2.37. The lowest BCUT2D eigenvalue weighted by molar-refractivity contribution is 0.104. The van der Waals surface area contributed by atoms with E-state index < -0.39 is 14.4 Å². The van der Waals surface area contributed by atoms with Gasteiger partial charge in [0.2, 0.25) is 0 Å². The molecule has 0 radical (unpaired) electrons. The van der Waals surface area contributed by atoms with Gasteiger partial charge in [0, 0.05) is 6.42 Å². The Balaban J connectivity index is 4.07. The van der Waals surface area contributed by atoms with Crippen LogP contribution < -0.4 is 0 Å². The molecule has 0 saturated heterocycles. The molecule has 0 bridgehead atoms. The standard InChI is InChI=1S/C11H22O2Si/c1-7-8-10(12)9-13-14(5,6)11(2,3)4/h1,10,12H,8-9H2,2-6H3/t10-/m1/s1.